The number of nitrogens with zero attached hydrogens (tertiary/aromatic N) is 2. The number of thioether (sulfide) groups is 1. The second-order valence-electron chi connectivity index (χ2n) is 11.2. The molecule has 6 rings (SSSR count). The molecule has 0 aliphatic carbocycles. The molecule has 1 aliphatic rings. The first kappa shape index (κ1) is 34.7. The molecule has 2 aromatic heterocycles. The zero-order chi connectivity index (χ0) is 34.2. The Hall–Kier alpha value is -3.18. The van der Waals surface area contributed by atoms with Gasteiger partial charge >= 0.3 is 0 Å². The number of fused-ring (bicyclic) bond motifs is 6. The van der Waals surface area contributed by atoms with E-state index >= 15 is 0 Å². The SMILES string of the molecule is CCC(=Cc1sc2cc(OC)c3ccccc3c2[n+]1CCCS(=O)(=O)O)C=C1Sc2cc(OC)c3ccsc3c2N1CCCS(=O)(=O)O. The number of benzene rings is 3. The number of allylic oxidation sites excluding steroid dienone is 2. The molecule has 0 unspecified atom stereocenters. The van der Waals surface area contributed by atoms with Gasteiger partial charge in [0, 0.05) is 40.8 Å². The summed E-state index contributed by atoms with van der Waals surface area (Å²) in [6.07, 6.45) is 5.35. The molecule has 254 valence electrons. The summed E-state index contributed by atoms with van der Waals surface area (Å²) in [5.41, 5.74) is 2.96. The molecule has 0 radical (unpaired) electrons. The van der Waals surface area contributed by atoms with Gasteiger partial charge in [-0.05, 0) is 48.1 Å². The van der Waals surface area contributed by atoms with E-state index in [-0.39, 0.29) is 24.3 Å². The van der Waals surface area contributed by atoms with E-state index in [4.69, 9.17) is 9.47 Å². The molecule has 0 fully saturated rings. The monoisotopic (exact) mass is 747 g/mol. The third-order valence-electron chi connectivity index (χ3n) is 8.12. The highest BCUT2D eigenvalue weighted by Gasteiger charge is 2.30. The summed E-state index contributed by atoms with van der Waals surface area (Å²) in [5.74, 6) is 0.808. The largest absolute Gasteiger partial charge is 0.496 e. The molecule has 5 aromatic rings. The van der Waals surface area contributed by atoms with Crippen molar-refractivity contribution in [2.24, 2.45) is 0 Å². The van der Waals surface area contributed by atoms with Crippen LogP contribution in [0.2, 0.25) is 0 Å². The van der Waals surface area contributed by atoms with Crippen molar-refractivity contribution in [3.63, 3.8) is 0 Å². The Morgan fingerprint density at radius 1 is 0.938 bits per heavy atom. The van der Waals surface area contributed by atoms with E-state index in [9.17, 15) is 25.9 Å². The fraction of sp³-hybridized carbons (Fsp3) is 0.303. The van der Waals surface area contributed by atoms with Crippen molar-refractivity contribution in [3.05, 3.63) is 69.5 Å². The minimum absolute atomic E-state index is 0.227. The lowest BCUT2D eigenvalue weighted by Gasteiger charge is -2.21. The number of aromatic nitrogens is 1. The molecule has 3 heterocycles. The number of hydrogen-bond donors (Lipinski definition) is 2. The molecular weight excluding hydrogens is 713 g/mol. The van der Waals surface area contributed by atoms with Gasteiger partial charge in [0.25, 0.3) is 25.2 Å². The first-order valence-electron chi connectivity index (χ1n) is 15.2. The summed E-state index contributed by atoms with van der Waals surface area (Å²) in [5, 5.41) is 6.74. The highest BCUT2D eigenvalue weighted by atomic mass is 32.2. The van der Waals surface area contributed by atoms with Crippen LogP contribution in [0.4, 0.5) is 5.69 Å². The van der Waals surface area contributed by atoms with Crippen LogP contribution in [-0.2, 0) is 26.8 Å². The fourth-order valence-corrected chi connectivity index (χ4v) is 10.4. The minimum Gasteiger partial charge on any atom is -0.496 e. The van der Waals surface area contributed by atoms with Crippen LogP contribution in [0.3, 0.4) is 0 Å². The van der Waals surface area contributed by atoms with Crippen molar-refractivity contribution in [3.8, 4) is 11.5 Å². The molecular formula is C33H35N2O8S5+. The standard InChI is InChI=1S/C33H34N2O8S5/c1-4-21(18-30-35(13-8-16-48(39,40)41)32-28(46-30)20-26(43-3)24-11-14-44-33(24)32)17-29-34(12-7-15-47(36,37)38)31-23-10-6-5-9-22(23)25(42-2)19-27(31)45-29/h5-6,9-11,14,17-20H,4,7-8,12-13,15-16H2,1-3H3,(H-,36,37,38,39,40,41)/p+1. The van der Waals surface area contributed by atoms with E-state index in [1.54, 1.807) is 48.7 Å². The molecule has 0 amide bonds. The molecule has 15 heteroatoms. The smallest absolute Gasteiger partial charge is 0.265 e. The second-order valence-corrected chi connectivity index (χ2v) is 17.4. The van der Waals surface area contributed by atoms with Gasteiger partial charge < -0.3 is 14.4 Å². The lowest BCUT2D eigenvalue weighted by molar-refractivity contribution is -0.667. The quantitative estimate of drug-likeness (QED) is 0.0929. The maximum atomic E-state index is 11.6. The Kier molecular flexibility index (Phi) is 10.1. The van der Waals surface area contributed by atoms with Crippen LogP contribution >= 0.6 is 34.4 Å². The highest BCUT2D eigenvalue weighted by Crippen LogP contribution is 2.53. The van der Waals surface area contributed by atoms with Gasteiger partial charge in [0.1, 0.15) is 16.2 Å². The maximum Gasteiger partial charge on any atom is 0.265 e. The van der Waals surface area contributed by atoms with Gasteiger partial charge in [-0.3, -0.25) is 9.11 Å². The molecule has 3 aromatic carbocycles. The van der Waals surface area contributed by atoms with Crippen LogP contribution in [0.5, 0.6) is 11.5 Å². The first-order chi connectivity index (χ1) is 22.9. The number of anilines is 1. The summed E-state index contributed by atoms with van der Waals surface area (Å²) >= 11 is 4.75. The molecule has 0 atom stereocenters. The molecule has 1 aliphatic heterocycles. The van der Waals surface area contributed by atoms with Crippen molar-refractivity contribution in [1.82, 2.24) is 0 Å². The Morgan fingerprint density at radius 2 is 1.62 bits per heavy atom. The van der Waals surface area contributed by atoms with Crippen LogP contribution in [-0.4, -0.2) is 58.2 Å². The van der Waals surface area contributed by atoms with Crippen LogP contribution in [0.15, 0.2) is 69.4 Å². The average molecular weight is 748 g/mol. The maximum absolute atomic E-state index is 11.6. The van der Waals surface area contributed by atoms with E-state index < -0.39 is 20.2 Å². The van der Waals surface area contributed by atoms with E-state index in [0.29, 0.717) is 19.5 Å². The third kappa shape index (κ3) is 7.22. The van der Waals surface area contributed by atoms with Gasteiger partial charge in [-0.15, -0.1) is 11.3 Å². The zero-order valence-electron chi connectivity index (χ0n) is 26.5. The number of ether oxygens (including phenoxy) is 2. The number of methoxy groups -OCH3 is 2. The molecule has 0 saturated carbocycles. The van der Waals surface area contributed by atoms with Crippen LogP contribution in [0.1, 0.15) is 31.2 Å². The number of aryl methyl sites for hydroxylation is 1. The van der Waals surface area contributed by atoms with Crippen LogP contribution in [0, 0.1) is 0 Å². The summed E-state index contributed by atoms with van der Waals surface area (Å²) in [7, 11) is -4.97. The van der Waals surface area contributed by atoms with Gasteiger partial charge in [-0.1, -0.05) is 48.2 Å². The summed E-state index contributed by atoms with van der Waals surface area (Å²) in [6.45, 7) is 2.81. The summed E-state index contributed by atoms with van der Waals surface area (Å²) in [4.78, 5) is 3.12. The molecule has 48 heavy (non-hydrogen) atoms. The molecule has 0 bridgehead atoms. The lowest BCUT2D eigenvalue weighted by Crippen LogP contribution is -2.36. The van der Waals surface area contributed by atoms with Crippen molar-refractivity contribution < 1.29 is 40.0 Å². The third-order valence-corrected chi connectivity index (χ3v) is 12.8. The van der Waals surface area contributed by atoms with Gasteiger partial charge in [-0.25, -0.2) is 0 Å². The Morgan fingerprint density at radius 3 is 2.31 bits per heavy atom. The van der Waals surface area contributed by atoms with E-state index in [0.717, 1.165) is 68.8 Å². The second kappa shape index (κ2) is 14.0. The van der Waals surface area contributed by atoms with E-state index in [1.807, 2.05) is 47.8 Å². The predicted octanol–water partition coefficient (Wildman–Crippen LogP) is 7.38. The molecule has 10 nitrogen and oxygen atoms in total. The predicted molar refractivity (Wildman–Crippen MR) is 196 cm³/mol. The Bertz CT molecular complexity index is 2310. The van der Waals surface area contributed by atoms with Gasteiger partial charge in [0.15, 0.2) is 6.54 Å². The number of rotatable bonds is 13. The average Bonchev–Trinajstić information content (AvgIpc) is 3.74. The van der Waals surface area contributed by atoms with Crippen molar-refractivity contribution in [2.45, 2.75) is 37.6 Å². The Balaban J connectivity index is 1.47. The number of hydrogen-bond acceptors (Lipinski definition) is 10. The van der Waals surface area contributed by atoms with E-state index in [2.05, 4.69) is 28.5 Å². The first-order valence-corrected chi connectivity index (χ1v) is 20.9. The highest BCUT2D eigenvalue weighted by molar-refractivity contribution is 8.03. The van der Waals surface area contributed by atoms with Crippen molar-refractivity contribution in [1.29, 1.82) is 0 Å². The van der Waals surface area contributed by atoms with E-state index in [1.165, 1.54) is 0 Å². The number of thiophene rings is 1. The van der Waals surface area contributed by atoms with Gasteiger partial charge in [0.2, 0.25) is 5.52 Å². The van der Waals surface area contributed by atoms with Crippen LogP contribution in [0.25, 0.3) is 37.2 Å². The van der Waals surface area contributed by atoms with Gasteiger partial charge in [-0.2, -0.15) is 21.4 Å². The summed E-state index contributed by atoms with van der Waals surface area (Å²) < 4.78 is 81.0. The normalized spacial score (nSPS) is 14.9. The van der Waals surface area contributed by atoms with Crippen molar-refractivity contribution >= 4 is 97.5 Å². The Labute approximate surface area is 291 Å². The number of thiazole rings is 1. The van der Waals surface area contributed by atoms with Crippen molar-refractivity contribution in [2.75, 3.05) is 37.2 Å². The molecule has 0 spiro atoms. The van der Waals surface area contributed by atoms with Crippen LogP contribution < -0.4 is 18.9 Å². The zero-order valence-corrected chi connectivity index (χ0v) is 30.6. The molecule has 0 saturated heterocycles. The lowest BCUT2D eigenvalue weighted by atomic mass is 10.1. The fourth-order valence-electron chi connectivity index (χ4n) is 5.98. The van der Waals surface area contributed by atoms with Gasteiger partial charge in [0.05, 0.1) is 46.5 Å². The minimum atomic E-state index is -4.13. The molecule has 2 N–H and O–H groups in total. The topological polar surface area (TPSA) is 134 Å². The summed E-state index contributed by atoms with van der Waals surface area (Å²) in [6, 6.07) is 14.0.